The quantitative estimate of drug-likeness (QED) is 0.608. The van der Waals surface area contributed by atoms with Crippen LogP contribution in [0.15, 0.2) is 71.8 Å². The van der Waals surface area contributed by atoms with Crippen LogP contribution in [0, 0.1) is 0 Å². The van der Waals surface area contributed by atoms with Gasteiger partial charge in [0, 0.05) is 31.1 Å². The topological polar surface area (TPSA) is 73.2 Å². The summed E-state index contributed by atoms with van der Waals surface area (Å²) in [4.78, 5) is 28.7. The van der Waals surface area contributed by atoms with E-state index >= 15 is 0 Å². The second-order valence-corrected chi connectivity index (χ2v) is 6.72. The predicted molar refractivity (Wildman–Crippen MR) is 113 cm³/mol. The van der Waals surface area contributed by atoms with Gasteiger partial charge in [-0.1, -0.05) is 30.3 Å². The number of benzene rings is 2. The number of nitrogens with one attached hydrogen (secondary N) is 1. The molecule has 3 rings (SSSR count). The predicted octanol–water partition coefficient (Wildman–Crippen LogP) is 3.06. The van der Waals surface area contributed by atoms with Crippen molar-refractivity contribution in [2.45, 2.75) is 25.8 Å². The molecule has 0 unspecified atom stereocenters. The number of hydrogen-bond donors (Lipinski definition) is 1. The number of carbonyl (C=O) groups is 1. The van der Waals surface area contributed by atoms with Crippen molar-refractivity contribution >= 4 is 5.91 Å². The lowest BCUT2D eigenvalue weighted by Crippen LogP contribution is -2.30. The van der Waals surface area contributed by atoms with E-state index in [2.05, 4.69) is 22.4 Å². The summed E-state index contributed by atoms with van der Waals surface area (Å²) in [6.07, 6.45) is 3.67. The number of ether oxygens (including phenoxy) is 1. The average molecular weight is 391 g/mol. The summed E-state index contributed by atoms with van der Waals surface area (Å²) in [6.45, 7) is 0.785. The minimum atomic E-state index is -0.149. The molecule has 1 N–H and O–H groups in total. The van der Waals surface area contributed by atoms with Gasteiger partial charge in [-0.2, -0.15) is 0 Å². The lowest BCUT2D eigenvalue weighted by atomic mass is 10.1. The van der Waals surface area contributed by atoms with Crippen molar-refractivity contribution in [3.05, 3.63) is 82.9 Å². The second-order valence-electron chi connectivity index (χ2n) is 6.72. The molecular weight excluding hydrogens is 366 g/mol. The van der Waals surface area contributed by atoms with E-state index in [4.69, 9.17) is 4.74 Å². The van der Waals surface area contributed by atoms with Crippen LogP contribution in [0.3, 0.4) is 0 Å². The SMILES string of the molecule is COc1ccc(-c2cc(=O)n(CCNC(=O)CCCc3ccccc3)cn2)cc1. The summed E-state index contributed by atoms with van der Waals surface area (Å²) in [6, 6.07) is 19.0. The van der Waals surface area contributed by atoms with Crippen LogP contribution in [-0.4, -0.2) is 29.1 Å². The zero-order valence-electron chi connectivity index (χ0n) is 16.5. The highest BCUT2D eigenvalue weighted by Crippen LogP contribution is 2.19. The molecule has 6 nitrogen and oxygen atoms in total. The molecule has 2 aromatic carbocycles. The second kappa shape index (κ2) is 10.2. The fourth-order valence-corrected chi connectivity index (χ4v) is 3.02. The van der Waals surface area contributed by atoms with Crippen LogP contribution in [-0.2, 0) is 17.8 Å². The van der Waals surface area contributed by atoms with E-state index in [0.29, 0.717) is 25.2 Å². The Kier molecular flexibility index (Phi) is 7.16. The van der Waals surface area contributed by atoms with Gasteiger partial charge in [-0.3, -0.25) is 14.2 Å². The zero-order chi connectivity index (χ0) is 20.5. The monoisotopic (exact) mass is 391 g/mol. The van der Waals surface area contributed by atoms with Gasteiger partial charge in [0.2, 0.25) is 5.91 Å². The van der Waals surface area contributed by atoms with E-state index in [9.17, 15) is 9.59 Å². The molecule has 150 valence electrons. The molecule has 1 amide bonds. The van der Waals surface area contributed by atoms with Gasteiger partial charge in [-0.25, -0.2) is 4.98 Å². The first-order chi connectivity index (χ1) is 14.2. The fraction of sp³-hybridized carbons (Fsp3) is 0.261. The minimum Gasteiger partial charge on any atom is -0.497 e. The lowest BCUT2D eigenvalue weighted by molar-refractivity contribution is -0.121. The maximum absolute atomic E-state index is 12.3. The molecule has 0 saturated carbocycles. The molecule has 0 radical (unpaired) electrons. The van der Waals surface area contributed by atoms with Gasteiger partial charge < -0.3 is 10.1 Å². The van der Waals surface area contributed by atoms with Gasteiger partial charge in [0.1, 0.15) is 5.75 Å². The average Bonchev–Trinajstić information content (AvgIpc) is 2.75. The van der Waals surface area contributed by atoms with E-state index in [1.807, 2.05) is 42.5 Å². The van der Waals surface area contributed by atoms with Crippen LogP contribution >= 0.6 is 0 Å². The Labute approximate surface area is 170 Å². The molecule has 0 aliphatic carbocycles. The molecule has 29 heavy (non-hydrogen) atoms. The van der Waals surface area contributed by atoms with E-state index in [-0.39, 0.29) is 11.5 Å². The number of aromatic nitrogens is 2. The molecule has 0 aliphatic rings. The standard InChI is InChI=1S/C23H25N3O3/c1-29-20-12-10-19(11-13-20)21-16-23(28)26(17-25-21)15-14-24-22(27)9-5-8-18-6-3-2-4-7-18/h2-4,6-7,10-13,16-17H,5,8-9,14-15H2,1H3,(H,24,27). The molecule has 0 saturated heterocycles. The molecule has 0 aliphatic heterocycles. The molecular formula is C23H25N3O3. The van der Waals surface area contributed by atoms with Crippen LogP contribution < -0.4 is 15.6 Å². The van der Waals surface area contributed by atoms with Gasteiger partial charge in [0.15, 0.2) is 0 Å². The zero-order valence-corrected chi connectivity index (χ0v) is 16.5. The molecule has 3 aromatic rings. The number of methoxy groups -OCH3 is 1. The number of carbonyl (C=O) groups excluding carboxylic acids is 1. The summed E-state index contributed by atoms with van der Waals surface area (Å²) in [7, 11) is 1.61. The van der Waals surface area contributed by atoms with Crippen molar-refractivity contribution in [2.24, 2.45) is 0 Å². The molecule has 0 bridgehead atoms. The maximum Gasteiger partial charge on any atom is 0.253 e. The van der Waals surface area contributed by atoms with Crippen LogP contribution in [0.5, 0.6) is 5.75 Å². The Morgan fingerprint density at radius 2 is 1.86 bits per heavy atom. The number of rotatable bonds is 9. The van der Waals surface area contributed by atoms with Crippen LogP contribution in [0.2, 0.25) is 0 Å². The Hall–Kier alpha value is -3.41. The maximum atomic E-state index is 12.3. The minimum absolute atomic E-state index is 0.00297. The largest absolute Gasteiger partial charge is 0.497 e. The highest BCUT2D eigenvalue weighted by molar-refractivity contribution is 5.75. The first kappa shape index (κ1) is 20.3. The number of amides is 1. The van der Waals surface area contributed by atoms with Gasteiger partial charge in [-0.15, -0.1) is 0 Å². The van der Waals surface area contributed by atoms with E-state index in [1.54, 1.807) is 7.11 Å². The van der Waals surface area contributed by atoms with Crippen molar-refractivity contribution in [3.8, 4) is 17.0 Å². The van der Waals surface area contributed by atoms with Gasteiger partial charge >= 0.3 is 0 Å². The Morgan fingerprint density at radius 3 is 2.55 bits per heavy atom. The summed E-state index contributed by atoms with van der Waals surface area (Å²) in [5.41, 5.74) is 2.54. The van der Waals surface area contributed by atoms with Crippen LogP contribution in [0.25, 0.3) is 11.3 Å². The van der Waals surface area contributed by atoms with Gasteiger partial charge in [0.25, 0.3) is 5.56 Å². The van der Waals surface area contributed by atoms with Crippen molar-refractivity contribution in [2.75, 3.05) is 13.7 Å². The summed E-state index contributed by atoms with van der Waals surface area (Å²) in [5, 5.41) is 2.86. The highest BCUT2D eigenvalue weighted by atomic mass is 16.5. The Bertz CT molecular complexity index is 982. The molecule has 0 atom stereocenters. The third-order valence-corrected chi connectivity index (χ3v) is 4.65. The smallest absolute Gasteiger partial charge is 0.253 e. The van der Waals surface area contributed by atoms with E-state index in [1.165, 1.54) is 22.5 Å². The molecule has 0 spiro atoms. The van der Waals surface area contributed by atoms with E-state index in [0.717, 1.165) is 24.2 Å². The van der Waals surface area contributed by atoms with Gasteiger partial charge in [-0.05, 0) is 42.7 Å². The Morgan fingerprint density at radius 1 is 1.10 bits per heavy atom. The Balaban J connectivity index is 1.45. The normalized spacial score (nSPS) is 10.5. The molecule has 1 aromatic heterocycles. The van der Waals surface area contributed by atoms with Crippen molar-refractivity contribution in [3.63, 3.8) is 0 Å². The molecule has 1 heterocycles. The van der Waals surface area contributed by atoms with Crippen molar-refractivity contribution in [1.29, 1.82) is 0 Å². The third kappa shape index (κ3) is 6.04. The summed E-state index contributed by atoms with van der Waals surface area (Å²) < 4.78 is 6.63. The summed E-state index contributed by atoms with van der Waals surface area (Å²) in [5.74, 6) is 0.749. The molecule has 0 fully saturated rings. The summed E-state index contributed by atoms with van der Waals surface area (Å²) >= 11 is 0. The van der Waals surface area contributed by atoms with Crippen molar-refractivity contribution < 1.29 is 9.53 Å². The fourth-order valence-electron chi connectivity index (χ4n) is 3.02. The first-order valence-electron chi connectivity index (χ1n) is 9.67. The molecule has 6 heteroatoms. The van der Waals surface area contributed by atoms with Gasteiger partial charge in [0.05, 0.1) is 19.1 Å². The number of aryl methyl sites for hydroxylation is 1. The van der Waals surface area contributed by atoms with Crippen molar-refractivity contribution in [1.82, 2.24) is 14.9 Å². The number of hydrogen-bond acceptors (Lipinski definition) is 4. The third-order valence-electron chi connectivity index (χ3n) is 4.65. The van der Waals surface area contributed by atoms with Crippen LogP contribution in [0.4, 0.5) is 0 Å². The first-order valence-corrected chi connectivity index (χ1v) is 9.67. The lowest BCUT2D eigenvalue weighted by Gasteiger charge is -2.09. The number of nitrogens with zero attached hydrogens (tertiary/aromatic N) is 2. The highest BCUT2D eigenvalue weighted by Gasteiger charge is 2.05. The van der Waals surface area contributed by atoms with Crippen LogP contribution in [0.1, 0.15) is 18.4 Å². The van der Waals surface area contributed by atoms with E-state index < -0.39 is 0 Å².